The zero-order valence-corrected chi connectivity index (χ0v) is 12.3. The van der Waals surface area contributed by atoms with Crippen LogP contribution in [-0.2, 0) is 4.79 Å². The Morgan fingerprint density at radius 1 is 1.48 bits per heavy atom. The van der Waals surface area contributed by atoms with Crippen LogP contribution in [0.25, 0.3) is 0 Å². The van der Waals surface area contributed by atoms with Gasteiger partial charge in [0.25, 0.3) is 0 Å². The lowest BCUT2D eigenvalue weighted by Crippen LogP contribution is -2.40. The monoisotopic (exact) mass is 293 g/mol. The Hall–Kier alpha value is -1.79. The standard InChI is InChI=1S/C15H23N3O3/c1-18(9-15(20)17-12-4-5-12)8-13(19)10-21-14-6-2-11(16)3-7-14/h2-3,6-7,12-13,19H,4-5,8-10,16H2,1H3,(H,17,20). The Bertz CT molecular complexity index is 460. The van der Waals surface area contributed by atoms with E-state index in [1.54, 1.807) is 36.2 Å². The lowest BCUT2D eigenvalue weighted by molar-refractivity contribution is -0.122. The van der Waals surface area contributed by atoms with E-state index in [2.05, 4.69) is 5.32 Å². The van der Waals surface area contributed by atoms with Crippen molar-refractivity contribution in [3.8, 4) is 5.75 Å². The maximum atomic E-state index is 11.6. The number of ether oxygens (including phenoxy) is 1. The van der Waals surface area contributed by atoms with Crippen LogP contribution in [0.15, 0.2) is 24.3 Å². The van der Waals surface area contributed by atoms with E-state index < -0.39 is 6.10 Å². The Morgan fingerprint density at radius 3 is 2.76 bits per heavy atom. The van der Waals surface area contributed by atoms with Gasteiger partial charge in [-0.25, -0.2) is 0 Å². The second-order valence-corrected chi connectivity index (χ2v) is 5.57. The first-order valence-corrected chi connectivity index (χ1v) is 7.17. The number of aliphatic hydroxyl groups is 1. The van der Waals surface area contributed by atoms with Gasteiger partial charge in [0.15, 0.2) is 0 Å². The number of aliphatic hydroxyl groups excluding tert-OH is 1. The van der Waals surface area contributed by atoms with E-state index >= 15 is 0 Å². The molecule has 1 fully saturated rings. The number of nitrogen functional groups attached to an aromatic ring is 1. The highest BCUT2D eigenvalue weighted by atomic mass is 16.5. The molecule has 1 saturated carbocycles. The summed E-state index contributed by atoms with van der Waals surface area (Å²) >= 11 is 0. The highest BCUT2D eigenvalue weighted by Crippen LogP contribution is 2.18. The molecule has 21 heavy (non-hydrogen) atoms. The van der Waals surface area contributed by atoms with Gasteiger partial charge in [0.2, 0.25) is 5.91 Å². The Kier molecular flexibility index (Phi) is 5.41. The third kappa shape index (κ3) is 6.01. The van der Waals surface area contributed by atoms with E-state index in [4.69, 9.17) is 10.5 Å². The number of carbonyl (C=O) groups is 1. The number of hydrogen-bond acceptors (Lipinski definition) is 5. The van der Waals surface area contributed by atoms with Crippen LogP contribution in [0.2, 0.25) is 0 Å². The molecule has 0 aromatic heterocycles. The quantitative estimate of drug-likeness (QED) is 0.597. The summed E-state index contributed by atoms with van der Waals surface area (Å²) in [6.07, 6.45) is 1.50. The summed E-state index contributed by atoms with van der Waals surface area (Å²) in [5.41, 5.74) is 6.25. The van der Waals surface area contributed by atoms with Gasteiger partial charge in [0.1, 0.15) is 18.5 Å². The molecule has 1 aliphatic rings. The van der Waals surface area contributed by atoms with Gasteiger partial charge in [-0.3, -0.25) is 9.69 Å². The predicted molar refractivity (Wildman–Crippen MR) is 81.0 cm³/mol. The van der Waals surface area contributed by atoms with Crippen LogP contribution in [0.1, 0.15) is 12.8 Å². The summed E-state index contributed by atoms with van der Waals surface area (Å²) in [6, 6.07) is 7.38. The first kappa shape index (κ1) is 15.6. The first-order valence-electron chi connectivity index (χ1n) is 7.17. The molecule has 1 aliphatic carbocycles. The fraction of sp³-hybridized carbons (Fsp3) is 0.533. The average molecular weight is 293 g/mol. The van der Waals surface area contributed by atoms with E-state index in [1.165, 1.54) is 0 Å². The summed E-state index contributed by atoms with van der Waals surface area (Å²) in [5, 5.41) is 12.8. The second-order valence-electron chi connectivity index (χ2n) is 5.57. The molecule has 6 heteroatoms. The molecule has 4 N–H and O–H groups in total. The fourth-order valence-corrected chi connectivity index (χ4v) is 1.98. The molecule has 1 amide bonds. The minimum Gasteiger partial charge on any atom is -0.491 e. The van der Waals surface area contributed by atoms with E-state index in [-0.39, 0.29) is 19.1 Å². The van der Waals surface area contributed by atoms with Crippen LogP contribution in [0.5, 0.6) is 5.75 Å². The maximum Gasteiger partial charge on any atom is 0.234 e. The van der Waals surface area contributed by atoms with Gasteiger partial charge in [-0.1, -0.05) is 0 Å². The van der Waals surface area contributed by atoms with Crippen LogP contribution >= 0.6 is 0 Å². The first-order chi connectivity index (χ1) is 10.0. The van der Waals surface area contributed by atoms with Crippen LogP contribution in [0.4, 0.5) is 5.69 Å². The molecule has 6 nitrogen and oxygen atoms in total. The van der Waals surface area contributed by atoms with Gasteiger partial charge in [0, 0.05) is 18.3 Å². The number of nitrogens with one attached hydrogen (secondary N) is 1. The van der Waals surface area contributed by atoms with Gasteiger partial charge in [-0.05, 0) is 44.2 Å². The third-order valence-electron chi connectivity index (χ3n) is 3.20. The van der Waals surface area contributed by atoms with E-state index in [0.29, 0.717) is 24.0 Å². The molecule has 0 bridgehead atoms. The van der Waals surface area contributed by atoms with Crippen LogP contribution in [-0.4, -0.2) is 54.8 Å². The third-order valence-corrected chi connectivity index (χ3v) is 3.20. The number of likely N-dealkylation sites (N-methyl/N-ethyl adjacent to an activating group) is 1. The van der Waals surface area contributed by atoms with Crippen molar-refractivity contribution >= 4 is 11.6 Å². The molecule has 1 aromatic carbocycles. The van der Waals surface area contributed by atoms with Gasteiger partial charge in [0.05, 0.1) is 6.54 Å². The summed E-state index contributed by atoms with van der Waals surface area (Å²) in [6.45, 7) is 0.848. The highest BCUT2D eigenvalue weighted by Gasteiger charge is 2.23. The highest BCUT2D eigenvalue weighted by molar-refractivity contribution is 5.78. The van der Waals surface area contributed by atoms with Crippen LogP contribution in [0, 0.1) is 0 Å². The number of anilines is 1. The zero-order valence-electron chi connectivity index (χ0n) is 12.3. The van der Waals surface area contributed by atoms with Crippen molar-refractivity contribution in [1.82, 2.24) is 10.2 Å². The summed E-state index contributed by atoms with van der Waals surface area (Å²) in [7, 11) is 1.80. The molecule has 0 heterocycles. The van der Waals surface area contributed by atoms with E-state index in [1.807, 2.05) is 0 Å². The average Bonchev–Trinajstić information content (AvgIpc) is 3.21. The number of benzene rings is 1. The van der Waals surface area contributed by atoms with Gasteiger partial charge < -0.3 is 20.9 Å². The summed E-state index contributed by atoms with van der Waals surface area (Å²) in [5.74, 6) is 0.670. The van der Waals surface area contributed by atoms with Gasteiger partial charge in [-0.15, -0.1) is 0 Å². The van der Waals surface area contributed by atoms with Crippen molar-refractivity contribution in [2.75, 3.05) is 32.5 Å². The number of hydrogen-bond donors (Lipinski definition) is 3. The maximum absolute atomic E-state index is 11.6. The molecular formula is C15H23N3O3. The minimum absolute atomic E-state index is 0.00616. The van der Waals surface area contributed by atoms with Crippen LogP contribution in [0.3, 0.4) is 0 Å². The van der Waals surface area contributed by atoms with Gasteiger partial charge in [-0.2, -0.15) is 0 Å². The molecule has 1 atom stereocenters. The molecule has 0 spiro atoms. The number of carbonyl (C=O) groups excluding carboxylic acids is 1. The Morgan fingerprint density at radius 2 is 2.14 bits per heavy atom. The number of nitrogens with two attached hydrogens (primary N) is 1. The smallest absolute Gasteiger partial charge is 0.234 e. The topological polar surface area (TPSA) is 87.8 Å². The lowest BCUT2D eigenvalue weighted by Gasteiger charge is -2.20. The number of nitrogens with zero attached hydrogens (tertiary/aromatic N) is 1. The van der Waals surface area contributed by atoms with Crippen molar-refractivity contribution < 1.29 is 14.6 Å². The second kappa shape index (κ2) is 7.28. The predicted octanol–water partition coefficient (Wildman–Crippen LogP) is 0.219. The van der Waals surface area contributed by atoms with Crippen molar-refractivity contribution in [2.24, 2.45) is 0 Å². The van der Waals surface area contributed by atoms with Gasteiger partial charge >= 0.3 is 0 Å². The summed E-state index contributed by atoms with van der Waals surface area (Å²) in [4.78, 5) is 13.4. The molecule has 2 rings (SSSR count). The molecule has 1 aromatic rings. The lowest BCUT2D eigenvalue weighted by atomic mass is 10.3. The largest absolute Gasteiger partial charge is 0.491 e. The van der Waals surface area contributed by atoms with Crippen molar-refractivity contribution in [1.29, 1.82) is 0 Å². The zero-order chi connectivity index (χ0) is 15.2. The van der Waals surface area contributed by atoms with E-state index in [9.17, 15) is 9.90 Å². The minimum atomic E-state index is -0.652. The molecule has 0 radical (unpaired) electrons. The number of amides is 1. The normalized spacial score (nSPS) is 15.8. The van der Waals surface area contributed by atoms with Crippen molar-refractivity contribution in [2.45, 2.75) is 25.0 Å². The molecular weight excluding hydrogens is 270 g/mol. The molecule has 0 saturated heterocycles. The Labute approximate surface area is 124 Å². The summed E-state index contributed by atoms with van der Waals surface area (Å²) < 4.78 is 5.47. The molecule has 116 valence electrons. The Balaban J connectivity index is 1.64. The molecule has 1 unspecified atom stereocenters. The van der Waals surface area contributed by atoms with Crippen LogP contribution < -0.4 is 15.8 Å². The van der Waals surface area contributed by atoms with Crippen molar-refractivity contribution in [3.05, 3.63) is 24.3 Å². The number of rotatable bonds is 8. The fourth-order valence-electron chi connectivity index (χ4n) is 1.98. The SMILES string of the molecule is CN(CC(=O)NC1CC1)CC(O)COc1ccc(N)cc1. The van der Waals surface area contributed by atoms with Crippen molar-refractivity contribution in [3.63, 3.8) is 0 Å². The van der Waals surface area contributed by atoms with E-state index in [0.717, 1.165) is 12.8 Å². The molecule has 0 aliphatic heterocycles.